The number of thiophene rings is 1. The number of ether oxygens (including phenoxy) is 1. The van der Waals surface area contributed by atoms with Crippen LogP contribution in [-0.2, 0) is 16.1 Å². The first-order valence-corrected chi connectivity index (χ1v) is 9.67. The summed E-state index contributed by atoms with van der Waals surface area (Å²) in [6.07, 6.45) is -4.84. The molecule has 1 aromatic heterocycles. The van der Waals surface area contributed by atoms with Gasteiger partial charge in [0.1, 0.15) is 11.5 Å². The Kier molecular flexibility index (Phi) is 7.95. The van der Waals surface area contributed by atoms with E-state index >= 15 is 0 Å². The quantitative estimate of drug-likeness (QED) is 0.563. The smallest absolute Gasteiger partial charge is 0.405 e. The van der Waals surface area contributed by atoms with Gasteiger partial charge in [0.2, 0.25) is 5.91 Å². The van der Waals surface area contributed by atoms with Crippen molar-refractivity contribution in [3.63, 3.8) is 0 Å². The van der Waals surface area contributed by atoms with Gasteiger partial charge in [-0.25, -0.2) is 0 Å². The SMILES string of the molecule is Cc1ccc(C(=O)CCC(=O)CCC(=O)NCc2ccccc2OC(F)(F)F)s1. The number of alkyl halides is 3. The Bertz CT molecular complexity index is 877. The van der Waals surface area contributed by atoms with Gasteiger partial charge in [-0.15, -0.1) is 24.5 Å². The lowest BCUT2D eigenvalue weighted by Gasteiger charge is -2.13. The fourth-order valence-corrected chi connectivity index (χ4v) is 3.33. The van der Waals surface area contributed by atoms with E-state index in [1.807, 2.05) is 13.0 Å². The lowest BCUT2D eigenvalue weighted by molar-refractivity contribution is -0.274. The Balaban J connectivity index is 1.73. The van der Waals surface area contributed by atoms with E-state index in [1.165, 1.54) is 29.5 Å². The molecule has 0 radical (unpaired) electrons. The monoisotopic (exact) mass is 427 g/mol. The molecular formula is C20H20F3NO4S. The molecule has 1 amide bonds. The molecule has 0 saturated heterocycles. The summed E-state index contributed by atoms with van der Waals surface area (Å²) in [4.78, 5) is 37.4. The summed E-state index contributed by atoms with van der Waals surface area (Å²) in [5, 5.41) is 2.47. The first-order chi connectivity index (χ1) is 13.6. The molecule has 156 valence electrons. The second kappa shape index (κ2) is 10.2. The fraction of sp³-hybridized carbons (Fsp3) is 0.350. The van der Waals surface area contributed by atoms with Crippen molar-refractivity contribution in [2.45, 2.75) is 45.5 Å². The van der Waals surface area contributed by atoms with Crippen molar-refractivity contribution in [3.05, 3.63) is 51.7 Å². The molecule has 2 rings (SSSR count). The summed E-state index contributed by atoms with van der Waals surface area (Å²) in [5.41, 5.74) is 0.168. The van der Waals surface area contributed by atoms with E-state index in [4.69, 9.17) is 0 Å². The number of ketones is 2. The van der Waals surface area contributed by atoms with Gasteiger partial charge in [-0.2, -0.15) is 0 Å². The van der Waals surface area contributed by atoms with Crippen LogP contribution in [-0.4, -0.2) is 23.8 Å². The van der Waals surface area contributed by atoms with Crippen LogP contribution in [0.25, 0.3) is 0 Å². The van der Waals surface area contributed by atoms with Gasteiger partial charge in [-0.3, -0.25) is 14.4 Å². The average molecular weight is 427 g/mol. The highest BCUT2D eigenvalue weighted by Gasteiger charge is 2.32. The molecule has 0 atom stereocenters. The average Bonchev–Trinajstić information content (AvgIpc) is 3.09. The minimum Gasteiger partial charge on any atom is -0.405 e. The molecule has 0 fully saturated rings. The summed E-state index contributed by atoms with van der Waals surface area (Å²) in [6, 6.07) is 9.04. The van der Waals surface area contributed by atoms with Crippen LogP contribution in [0.2, 0.25) is 0 Å². The number of rotatable bonds is 10. The number of halogens is 3. The Morgan fingerprint density at radius 2 is 1.69 bits per heavy atom. The third-order valence-electron chi connectivity index (χ3n) is 3.95. The molecule has 0 saturated carbocycles. The van der Waals surface area contributed by atoms with Crippen molar-refractivity contribution >= 4 is 28.8 Å². The van der Waals surface area contributed by atoms with Crippen LogP contribution in [0.1, 0.15) is 45.8 Å². The van der Waals surface area contributed by atoms with Crippen LogP contribution < -0.4 is 10.1 Å². The maximum atomic E-state index is 12.4. The lowest BCUT2D eigenvalue weighted by Crippen LogP contribution is -2.24. The Labute approximate surface area is 169 Å². The summed E-state index contributed by atoms with van der Waals surface area (Å²) < 4.78 is 41.1. The number of carbonyl (C=O) groups is 3. The van der Waals surface area contributed by atoms with Gasteiger partial charge in [0.15, 0.2) is 5.78 Å². The Morgan fingerprint density at radius 1 is 1.00 bits per heavy atom. The molecule has 0 unspecified atom stereocenters. The summed E-state index contributed by atoms with van der Waals surface area (Å²) in [5.74, 6) is -1.19. The molecule has 5 nitrogen and oxygen atoms in total. The van der Waals surface area contributed by atoms with Crippen molar-refractivity contribution in [3.8, 4) is 5.75 Å². The molecule has 2 aromatic rings. The van der Waals surface area contributed by atoms with Gasteiger partial charge in [0, 0.05) is 42.7 Å². The topological polar surface area (TPSA) is 72.5 Å². The number of hydrogen-bond acceptors (Lipinski definition) is 5. The zero-order valence-electron chi connectivity index (χ0n) is 15.7. The van der Waals surface area contributed by atoms with E-state index in [0.29, 0.717) is 4.88 Å². The van der Waals surface area contributed by atoms with Gasteiger partial charge >= 0.3 is 6.36 Å². The zero-order valence-corrected chi connectivity index (χ0v) is 16.5. The Morgan fingerprint density at radius 3 is 2.34 bits per heavy atom. The number of Topliss-reactive ketones (excluding diaryl/α,β-unsaturated/α-hetero) is 2. The van der Waals surface area contributed by atoms with Crippen molar-refractivity contribution in [1.82, 2.24) is 5.32 Å². The van der Waals surface area contributed by atoms with Crippen molar-refractivity contribution in [2.24, 2.45) is 0 Å². The van der Waals surface area contributed by atoms with Crippen LogP contribution >= 0.6 is 11.3 Å². The number of aryl methyl sites for hydroxylation is 1. The number of amides is 1. The number of benzene rings is 1. The largest absolute Gasteiger partial charge is 0.573 e. The first-order valence-electron chi connectivity index (χ1n) is 8.86. The zero-order chi connectivity index (χ0) is 21.4. The van der Waals surface area contributed by atoms with E-state index in [2.05, 4.69) is 10.1 Å². The van der Waals surface area contributed by atoms with Gasteiger partial charge < -0.3 is 10.1 Å². The van der Waals surface area contributed by atoms with Crippen LogP contribution in [0, 0.1) is 6.92 Å². The van der Waals surface area contributed by atoms with E-state index in [-0.39, 0.29) is 49.4 Å². The van der Waals surface area contributed by atoms with Crippen LogP contribution in [0.3, 0.4) is 0 Å². The second-order valence-corrected chi connectivity index (χ2v) is 7.59. The molecule has 0 spiro atoms. The molecule has 0 bridgehead atoms. The van der Waals surface area contributed by atoms with E-state index < -0.39 is 18.0 Å². The van der Waals surface area contributed by atoms with Crippen molar-refractivity contribution < 1.29 is 32.3 Å². The fourth-order valence-electron chi connectivity index (χ4n) is 2.49. The summed E-state index contributed by atoms with van der Waals surface area (Å²) >= 11 is 1.37. The van der Waals surface area contributed by atoms with E-state index in [0.717, 1.165) is 10.9 Å². The van der Waals surface area contributed by atoms with Crippen molar-refractivity contribution in [2.75, 3.05) is 0 Å². The highest BCUT2D eigenvalue weighted by atomic mass is 32.1. The van der Waals surface area contributed by atoms with Gasteiger partial charge in [-0.05, 0) is 25.1 Å². The van der Waals surface area contributed by atoms with Gasteiger partial charge in [-0.1, -0.05) is 18.2 Å². The van der Waals surface area contributed by atoms with E-state index in [9.17, 15) is 27.6 Å². The molecule has 1 heterocycles. The molecule has 0 aliphatic heterocycles. The normalized spacial score (nSPS) is 11.2. The van der Waals surface area contributed by atoms with Gasteiger partial charge in [0.25, 0.3) is 0 Å². The second-order valence-electron chi connectivity index (χ2n) is 6.30. The minimum absolute atomic E-state index is 0.0384. The number of carbonyl (C=O) groups excluding carboxylic acids is 3. The van der Waals surface area contributed by atoms with E-state index in [1.54, 1.807) is 6.07 Å². The number of hydrogen-bond donors (Lipinski definition) is 1. The molecule has 9 heteroatoms. The van der Waals surface area contributed by atoms with Crippen molar-refractivity contribution in [1.29, 1.82) is 0 Å². The van der Waals surface area contributed by atoms with Crippen LogP contribution in [0.5, 0.6) is 5.75 Å². The number of nitrogens with one attached hydrogen (secondary N) is 1. The predicted molar refractivity (Wildman–Crippen MR) is 102 cm³/mol. The molecule has 0 aliphatic carbocycles. The number of para-hydroxylation sites is 1. The minimum atomic E-state index is -4.83. The highest BCUT2D eigenvalue weighted by Crippen LogP contribution is 2.26. The molecular weight excluding hydrogens is 407 g/mol. The summed E-state index contributed by atoms with van der Waals surface area (Å²) in [7, 11) is 0. The molecule has 0 aliphatic rings. The molecule has 1 N–H and O–H groups in total. The van der Waals surface area contributed by atoms with Gasteiger partial charge in [0.05, 0.1) is 4.88 Å². The first kappa shape index (κ1) is 22.6. The summed E-state index contributed by atoms with van der Waals surface area (Å²) in [6.45, 7) is 1.73. The standard InChI is InChI=1S/C20H20F3NO4S/c1-13-6-10-18(29-13)16(26)9-7-15(25)8-11-19(27)24-12-14-4-2-3-5-17(14)28-20(21,22)23/h2-6,10H,7-9,11-12H2,1H3,(H,24,27). The third-order valence-corrected chi connectivity index (χ3v) is 4.99. The highest BCUT2D eigenvalue weighted by molar-refractivity contribution is 7.14. The Hall–Kier alpha value is -2.68. The maximum Gasteiger partial charge on any atom is 0.573 e. The third kappa shape index (κ3) is 8.06. The molecule has 1 aromatic carbocycles. The maximum absolute atomic E-state index is 12.4. The lowest BCUT2D eigenvalue weighted by atomic mass is 10.1. The van der Waals surface area contributed by atoms with Crippen LogP contribution in [0.15, 0.2) is 36.4 Å². The molecule has 29 heavy (non-hydrogen) atoms. The van der Waals surface area contributed by atoms with Crippen LogP contribution in [0.4, 0.5) is 13.2 Å². The predicted octanol–water partition coefficient (Wildman–Crippen LogP) is 4.58.